The van der Waals surface area contributed by atoms with Gasteiger partial charge in [-0.3, -0.25) is 4.79 Å². The number of esters is 1. The number of hydrogen-bond donors (Lipinski definition) is 1. The summed E-state index contributed by atoms with van der Waals surface area (Å²) in [4.78, 5) is 12.4. The Morgan fingerprint density at radius 3 is 2.89 bits per heavy atom. The molecular weight excluding hydrogens is 314 g/mol. The van der Waals surface area contributed by atoms with Crippen molar-refractivity contribution in [1.29, 1.82) is 0 Å². The molecule has 0 radical (unpaired) electrons. The first-order valence-corrected chi connectivity index (χ1v) is 7.58. The van der Waals surface area contributed by atoms with E-state index in [2.05, 4.69) is 26.0 Å². The van der Waals surface area contributed by atoms with E-state index in [4.69, 9.17) is 0 Å². The van der Waals surface area contributed by atoms with Gasteiger partial charge in [-0.1, -0.05) is 6.07 Å². The zero-order valence-electron chi connectivity index (χ0n) is 10.7. The Morgan fingerprint density at radius 2 is 2.28 bits per heavy atom. The molecular formula is C13H18BrNO2S. The van der Waals surface area contributed by atoms with Gasteiger partial charge in [0, 0.05) is 9.37 Å². The molecule has 0 aromatic heterocycles. The molecule has 5 heteroatoms. The van der Waals surface area contributed by atoms with E-state index in [-0.39, 0.29) is 5.97 Å². The molecule has 0 fully saturated rings. The van der Waals surface area contributed by atoms with Gasteiger partial charge in [0.1, 0.15) is 0 Å². The predicted molar refractivity (Wildman–Crippen MR) is 79.1 cm³/mol. The summed E-state index contributed by atoms with van der Waals surface area (Å²) in [7, 11) is 3.37. The van der Waals surface area contributed by atoms with Crippen molar-refractivity contribution in [2.45, 2.75) is 17.7 Å². The lowest BCUT2D eigenvalue weighted by molar-refractivity contribution is -0.139. The van der Waals surface area contributed by atoms with Crippen LogP contribution in [-0.2, 0) is 16.0 Å². The van der Waals surface area contributed by atoms with Gasteiger partial charge in [-0.2, -0.15) is 0 Å². The van der Waals surface area contributed by atoms with E-state index in [1.54, 1.807) is 0 Å². The van der Waals surface area contributed by atoms with Crippen molar-refractivity contribution >= 4 is 33.7 Å². The van der Waals surface area contributed by atoms with E-state index < -0.39 is 0 Å². The summed E-state index contributed by atoms with van der Waals surface area (Å²) in [5.74, 6) is 0.867. The van der Waals surface area contributed by atoms with Gasteiger partial charge in [-0.15, -0.1) is 11.8 Å². The molecule has 0 aliphatic heterocycles. The second-order valence-electron chi connectivity index (χ2n) is 3.82. The number of carbonyl (C=O) groups is 1. The smallest absolute Gasteiger partial charge is 0.309 e. The second kappa shape index (κ2) is 8.56. The van der Waals surface area contributed by atoms with E-state index in [1.165, 1.54) is 12.0 Å². The molecule has 0 saturated heterocycles. The highest BCUT2D eigenvalue weighted by atomic mass is 79.9. The molecule has 0 amide bonds. The number of halogens is 1. The first-order chi connectivity index (χ1) is 8.67. The number of nitrogens with one attached hydrogen (secondary N) is 1. The molecule has 0 aliphatic rings. The van der Waals surface area contributed by atoms with Crippen LogP contribution in [0.5, 0.6) is 0 Å². The van der Waals surface area contributed by atoms with Crippen LogP contribution >= 0.6 is 27.7 Å². The van der Waals surface area contributed by atoms with Crippen LogP contribution in [0.2, 0.25) is 0 Å². The molecule has 0 unspecified atom stereocenters. The average Bonchev–Trinajstić information content (AvgIpc) is 2.36. The Labute approximate surface area is 121 Å². The number of benzene rings is 1. The fourth-order valence-electron chi connectivity index (χ4n) is 1.44. The van der Waals surface area contributed by atoms with Gasteiger partial charge < -0.3 is 10.1 Å². The minimum Gasteiger partial charge on any atom is -0.469 e. The third kappa shape index (κ3) is 5.42. The predicted octanol–water partition coefficient (Wildman–Crippen LogP) is 2.87. The Hall–Kier alpha value is -0.520. The molecule has 3 nitrogen and oxygen atoms in total. The van der Waals surface area contributed by atoms with Crippen LogP contribution < -0.4 is 5.32 Å². The van der Waals surface area contributed by atoms with Crippen LogP contribution in [0.4, 0.5) is 0 Å². The maximum atomic E-state index is 11.2. The van der Waals surface area contributed by atoms with Gasteiger partial charge >= 0.3 is 5.97 Å². The second-order valence-corrected chi connectivity index (χ2v) is 5.81. The van der Waals surface area contributed by atoms with Crippen molar-refractivity contribution in [2.75, 3.05) is 26.5 Å². The van der Waals surface area contributed by atoms with Gasteiger partial charge in [0.05, 0.1) is 13.5 Å². The van der Waals surface area contributed by atoms with Crippen LogP contribution in [0.25, 0.3) is 0 Å². The van der Waals surface area contributed by atoms with E-state index in [1.807, 2.05) is 37.0 Å². The molecule has 0 bridgehead atoms. The van der Waals surface area contributed by atoms with Crippen LogP contribution in [0.3, 0.4) is 0 Å². The number of hydrogen-bond acceptors (Lipinski definition) is 4. The van der Waals surface area contributed by atoms with Crippen molar-refractivity contribution < 1.29 is 9.53 Å². The van der Waals surface area contributed by atoms with Gasteiger partial charge in [0.25, 0.3) is 0 Å². The fraction of sp³-hybridized carbons (Fsp3) is 0.462. The molecule has 18 heavy (non-hydrogen) atoms. The summed E-state index contributed by atoms with van der Waals surface area (Å²) >= 11 is 5.36. The molecule has 1 aromatic carbocycles. The number of rotatable bonds is 7. The zero-order chi connectivity index (χ0) is 13.4. The highest BCUT2D eigenvalue weighted by Gasteiger charge is 2.06. The van der Waals surface area contributed by atoms with Crippen molar-refractivity contribution in [3.63, 3.8) is 0 Å². The van der Waals surface area contributed by atoms with Crippen molar-refractivity contribution in [1.82, 2.24) is 5.32 Å². The summed E-state index contributed by atoms with van der Waals surface area (Å²) in [5, 5.41) is 3.13. The minimum atomic E-state index is -0.212. The highest BCUT2D eigenvalue weighted by molar-refractivity contribution is 9.10. The van der Waals surface area contributed by atoms with Gasteiger partial charge in [-0.25, -0.2) is 0 Å². The summed E-state index contributed by atoms with van der Waals surface area (Å²) in [6.07, 6.45) is 1.46. The highest BCUT2D eigenvalue weighted by Crippen LogP contribution is 2.29. The molecule has 0 saturated carbocycles. The number of methoxy groups -OCH3 is 1. The molecule has 0 spiro atoms. The zero-order valence-corrected chi connectivity index (χ0v) is 13.1. The summed E-state index contributed by atoms with van der Waals surface area (Å²) in [6, 6.07) is 6.01. The lowest BCUT2D eigenvalue weighted by atomic mass is 10.1. The summed E-state index contributed by atoms with van der Waals surface area (Å²) in [5.41, 5.74) is 0.966. The van der Waals surface area contributed by atoms with Crippen LogP contribution in [0.15, 0.2) is 27.6 Å². The van der Waals surface area contributed by atoms with Crippen molar-refractivity contribution in [3.05, 3.63) is 28.2 Å². The normalized spacial score (nSPS) is 10.4. The lowest BCUT2D eigenvalue weighted by Gasteiger charge is -2.07. The van der Waals surface area contributed by atoms with Gasteiger partial charge in [0.15, 0.2) is 0 Å². The average molecular weight is 332 g/mol. The molecule has 1 aromatic rings. The number of ether oxygens (including phenoxy) is 1. The van der Waals surface area contributed by atoms with Gasteiger partial charge in [-0.05, 0) is 59.4 Å². The molecule has 0 heterocycles. The summed E-state index contributed by atoms with van der Waals surface area (Å²) in [6.45, 7) is 1.03. The third-order valence-corrected chi connectivity index (χ3v) is 4.48. The Bertz CT molecular complexity index is 399. The van der Waals surface area contributed by atoms with Crippen LogP contribution in [0, 0.1) is 0 Å². The van der Waals surface area contributed by atoms with E-state index in [0.29, 0.717) is 6.42 Å². The van der Waals surface area contributed by atoms with E-state index >= 15 is 0 Å². The van der Waals surface area contributed by atoms with Gasteiger partial charge in [0.2, 0.25) is 0 Å². The quantitative estimate of drug-likeness (QED) is 0.473. The maximum absolute atomic E-state index is 11.2. The molecule has 0 aliphatic carbocycles. The molecule has 100 valence electrons. The lowest BCUT2D eigenvalue weighted by Crippen LogP contribution is -2.08. The van der Waals surface area contributed by atoms with Crippen LogP contribution in [0.1, 0.15) is 12.0 Å². The molecule has 0 atom stereocenters. The Balaban J connectivity index is 2.54. The fourth-order valence-corrected chi connectivity index (χ4v) is 3.08. The summed E-state index contributed by atoms with van der Waals surface area (Å²) < 4.78 is 5.69. The first kappa shape index (κ1) is 15.5. The molecule has 1 rings (SSSR count). The number of carbonyl (C=O) groups excluding carboxylic acids is 1. The van der Waals surface area contributed by atoms with Crippen molar-refractivity contribution in [2.24, 2.45) is 0 Å². The topological polar surface area (TPSA) is 38.3 Å². The Kier molecular flexibility index (Phi) is 7.39. The SMILES string of the molecule is CNCCCSc1ccc(CC(=O)OC)cc1Br. The maximum Gasteiger partial charge on any atom is 0.309 e. The van der Waals surface area contributed by atoms with E-state index in [9.17, 15) is 4.79 Å². The Morgan fingerprint density at radius 1 is 1.50 bits per heavy atom. The minimum absolute atomic E-state index is 0.212. The van der Waals surface area contributed by atoms with Crippen LogP contribution in [-0.4, -0.2) is 32.4 Å². The van der Waals surface area contributed by atoms with Crippen molar-refractivity contribution in [3.8, 4) is 0 Å². The largest absolute Gasteiger partial charge is 0.469 e. The first-order valence-electron chi connectivity index (χ1n) is 5.80. The third-order valence-electron chi connectivity index (χ3n) is 2.40. The van der Waals surface area contributed by atoms with E-state index in [0.717, 1.165) is 28.8 Å². The standard InChI is InChI=1S/C13H18BrNO2S/c1-15-6-3-7-18-12-5-4-10(8-11(12)14)9-13(16)17-2/h4-5,8,15H,3,6-7,9H2,1-2H3. The number of thioether (sulfide) groups is 1. The monoisotopic (exact) mass is 331 g/mol. The molecule has 1 N–H and O–H groups in total.